The Morgan fingerprint density at radius 1 is 1.29 bits per heavy atom. The summed E-state index contributed by atoms with van der Waals surface area (Å²) in [5.41, 5.74) is 9.62. The number of furan rings is 1. The van der Waals surface area contributed by atoms with Crippen molar-refractivity contribution >= 4 is 22.6 Å². The lowest BCUT2D eigenvalue weighted by Crippen LogP contribution is -2.15. The highest BCUT2D eigenvalue weighted by Crippen LogP contribution is 2.35. The zero-order chi connectivity index (χ0) is 12.2. The maximum atomic E-state index is 11.9. The van der Waals surface area contributed by atoms with E-state index in [2.05, 4.69) is 4.98 Å². The summed E-state index contributed by atoms with van der Waals surface area (Å²) < 4.78 is 5.58. The molecule has 0 unspecified atom stereocenters. The third-order valence-corrected chi connectivity index (χ3v) is 3.53. The summed E-state index contributed by atoms with van der Waals surface area (Å²) in [5.74, 6) is 0.922. The number of Topliss-reactive ketones (excluding diaryl/α,β-unsaturated/α-hetero) is 1. The van der Waals surface area contributed by atoms with Crippen LogP contribution in [0.25, 0.3) is 11.1 Å². The molecule has 0 saturated carbocycles. The number of anilines is 1. The molecule has 4 nitrogen and oxygen atoms in total. The summed E-state index contributed by atoms with van der Waals surface area (Å²) in [6, 6.07) is 0. The summed E-state index contributed by atoms with van der Waals surface area (Å²) in [5, 5.41) is 0.802. The quantitative estimate of drug-likeness (QED) is 0.755. The number of carbonyl (C=O) groups is 1. The Bertz CT molecular complexity index is 641. The van der Waals surface area contributed by atoms with E-state index < -0.39 is 0 Å². The number of nitrogen functional groups attached to an aromatic ring is 1. The van der Waals surface area contributed by atoms with Gasteiger partial charge in [0.05, 0.1) is 22.3 Å². The van der Waals surface area contributed by atoms with Gasteiger partial charge in [-0.2, -0.15) is 0 Å². The van der Waals surface area contributed by atoms with Crippen LogP contribution in [-0.2, 0) is 6.42 Å². The van der Waals surface area contributed by atoms with Crippen molar-refractivity contribution in [3.8, 4) is 0 Å². The van der Waals surface area contributed by atoms with Crippen LogP contribution in [0.4, 0.5) is 5.69 Å². The second-order valence-corrected chi connectivity index (χ2v) is 4.59. The van der Waals surface area contributed by atoms with E-state index in [1.807, 2.05) is 13.8 Å². The van der Waals surface area contributed by atoms with Gasteiger partial charge in [0.25, 0.3) is 0 Å². The molecule has 0 fully saturated rings. The van der Waals surface area contributed by atoms with Gasteiger partial charge in [-0.05, 0) is 26.7 Å². The fourth-order valence-corrected chi connectivity index (χ4v) is 2.50. The molecule has 88 valence electrons. The monoisotopic (exact) mass is 230 g/mol. The molecule has 1 aliphatic carbocycles. The highest BCUT2D eigenvalue weighted by molar-refractivity contribution is 6.09. The van der Waals surface area contributed by atoms with Gasteiger partial charge in [0.15, 0.2) is 5.78 Å². The van der Waals surface area contributed by atoms with Gasteiger partial charge in [-0.15, -0.1) is 0 Å². The molecule has 17 heavy (non-hydrogen) atoms. The molecule has 0 aliphatic heterocycles. The van der Waals surface area contributed by atoms with Crippen molar-refractivity contribution in [1.29, 1.82) is 0 Å². The molecule has 3 rings (SSSR count). The van der Waals surface area contributed by atoms with Crippen LogP contribution < -0.4 is 5.73 Å². The minimum atomic E-state index is 0.108. The standard InChI is InChI=1S/C13H14N2O2/c1-6-7(2)17-13-10(6)12(14)11-8(15-13)4-3-5-9(11)16/h3-5H2,1-2H3,(H2,14,15). The van der Waals surface area contributed by atoms with E-state index in [4.69, 9.17) is 10.2 Å². The van der Waals surface area contributed by atoms with Gasteiger partial charge in [-0.3, -0.25) is 4.79 Å². The molecule has 0 atom stereocenters. The first-order chi connectivity index (χ1) is 8.09. The molecule has 0 amide bonds. The molecule has 2 aromatic heterocycles. The Hall–Kier alpha value is -1.84. The number of aromatic nitrogens is 1. The van der Waals surface area contributed by atoms with Gasteiger partial charge in [-0.1, -0.05) is 0 Å². The highest BCUT2D eigenvalue weighted by Gasteiger charge is 2.25. The fourth-order valence-electron chi connectivity index (χ4n) is 2.50. The molecule has 4 heteroatoms. The van der Waals surface area contributed by atoms with Gasteiger partial charge in [0, 0.05) is 12.0 Å². The maximum absolute atomic E-state index is 11.9. The Balaban J connectivity index is 2.44. The number of fused-ring (bicyclic) bond motifs is 2. The van der Waals surface area contributed by atoms with Crippen LogP contribution in [0.5, 0.6) is 0 Å². The highest BCUT2D eigenvalue weighted by atomic mass is 16.3. The third-order valence-electron chi connectivity index (χ3n) is 3.53. The number of aryl methyl sites for hydroxylation is 3. The Morgan fingerprint density at radius 2 is 2.06 bits per heavy atom. The fraction of sp³-hybridized carbons (Fsp3) is 0.385. The smallest absolute Gasteiger partial charge is 0.228 e. The number of pyridine rings is 1. The van der Waals surface area contributed by atoms with E-state index in [1.54, 1.807) is 0 Å². The first kappa shape index (κ1) is 10.3. The number of carbonyl (C=O) groups excluding carboxylic acids is 1. The van der Waals surface area contributed by atoms with Crippen LogP contribution in [0.2, 0.25) is 0 Å². The first-order valence-electron chi connectivity index (χ1n) is 5.81. The summed E-state index contributed by atoms with van der Waals surface area (Å²) in [6.45, 7) is 3.83. The molecule has 2 heterocycles. The number of hydrogen-bond acceptors (Lipinski definition) is 4. The van der Waals surface area contributed by atoms with Crippen molar-refractivity contribution in [2.24, 2.45) is 0 Å². The van der Waals surface area contributed by atoms with Crippen molar-refractivity contribution in [3.63, 3.8) is 0 Å². The van der Waals surface area contributed by atoms with Crippen molar-refractivity contribution in [2.75, 3.05) is 5.73 Å². The van der Waals surface area contributed by atoms with Gasteiger partial charge in [0.2, 0.25) is 5.71 Å². The van der Waals surface area contributed by atoms with Gasteiger partial charge < -0.3 is 10.2 Å². The average Bonchev–Trinajstić information content (AvgIpc) is 2.55. The lowest BCUT2D eigenvalue weighted by molar-refractivity contribution is 0.0972. The number of ketones is 1. The zero-order valence-electron chi connectivity index (χ0n) is 9.96. The second kappa shape index (κ2) is 3.32. The van der Waals surface area contributed by atoms with Crippen LogP contribution in [0.1, 0.15) is 40.2 Å². The summed E-state index contributed by atoms with van der Waals surface area (Å²) in [7, 11) is 0. The van der Waals surface area contributed by atoms with Gasteiger partial charge >= 0.3 is 0 Å². The van der Waals surface area contributed by atoms with Crippen LogP contribution in [0.3, 0.4) is 0 Å². The first-order valence-corrected chi connectivity index (χ1v) is 5.81. The predicted molar refractivity (Wildman–Crippen MR) is 65.2 cm³/mol. The number of nitrogens with zero attached hydrogens (tertiary/aromatic N) is 1. The lowest BCUT2D eigenvalue weighted by atomic mass is 9.92. The molecule has 1 aliphatic rings. The zero-order valence-corrected chi connectivity index (χ0v) is 9.96. The minimum Gasteiger partial charge on any atom is -0.443 e. The molecule has 2 N–H and O–H groups in total. The molecule has 0 aromatic carbocycles. The van der Waals surface area contributed by atoms with E-state index in [1.165, 1.54) is 0 Å². The third kappa shape index (κ3) is 1.30. The summed E-state index contributed by atoms with van der Waals surface area (Å²) >= 11 is 0. The number of nitrogens with two attached hydrogens (primary N) is 1. The van der Waals surface area contributed by atoms with Crippen LogP contribution in [0.15, 0.2) is 4.42 Å². The molecule has 0 spiro atoms. The average molecular weight is 230 g/mol. The Kier molecular flexibility index (Phi) is 2.02. The van der Waals surface area contributed by atoms with Crippen molar-refractivity contribution in [1.82, 2.24) is 4.98 Å². The van der Waals surface area contributed by atoms with E-state index in [9.17, 15) is 4.79 Å². The second-order valence-electron chi connectivity index (χ2n) is 4.59. The van der Waals surface area contributed by atoms with Crippen LogP contribution >= 0.6 is 0 Å². The van der Waals surface area contributed by atoms with Crippen LogP contribution in [-0.4, -0.2) is 10.8 Å². The van der Waals surface area contributed by atoms with Crippen molar-refractivity contribution < 1.29 is 9.21 Å². The Labute approximate surface area is 98.8 Å². The van der Waals surface area contributed by atoms with Gasteiger partial charge in [-0.25, -0.2) is 4.98 Å². The summed E-state index contributed by atoms with van der Waals surface area (Å²) in [4.78, 5) is 16.4. The molecule has 0 saturated heterocycles. The van der Waals surface area contributed by atoms with Crippen molar-refractivity contribution in [2.45, 2.75) is 33.1 Å². The molecule has 2 aromatic rings. The molecule has 0 radical (unpaired) electrons. The van der Waals surface area contributed by atoms with E-state index >= 15 is 0 Å². The normalized spacial score (nSPS) is 15.3. The van der Waals surface area contributed by atoms with E-state index in [-0.39, 0.29) is 5.78 Å². The molecular formula is C13H14N2O2. The van der Waals surface area contributed by atoms with E-state index in [0.29, 0.717) is 23.4 Å². The van der Waals surface area contributed by atoms with Crippen molar-refractivity contribution in [3.05, 3.63) is 22.6 Å². The Morgan fingerprint density at radius 3 is 2.82 bits per heavy atom. The molecular weight excluding hydrogens is 216 g/mol. The lowest BCUT2D eigenvalue weighted by Gasteiger charge is -2.15. The topological polar surface area (TPSA) is 69.1 Å². The summed E-state index contributed by atoms with van der Waals surface area (Å²) in [6.07, 6.45) is 2.22. The van der Waals surface area contributed by atoms with Crippen LogP contribution in [0, 0.1) is 13.8 Å². The maximum Gasteiger partial charge on any atom is 0.228 e. The number of hydrogen-bond donors (Lipinski definition) is 1. The van der Waals surface area contributed by atoms with E-state index in [0.717, 1.165) is 35.2 Å². The largest absolute Gasteiger partial charge is 0.443 e. The SMILES string of the molecule is Cc1oc2nc3c(c(N)c2c1C)C(=O)CCC3. The minimum absolute atomic E-state index is 0.108. The van der Waals surface area contributed by atoms with Gasteiger partial charge in [0.1, 0.15) is 5.76 Å². The molecule has 0 bridgehead atoms. The number of rotatable bonds is 0. The predicted octanol–water partition coefficient (Wildman–Crippen LogP) is 2.55.